The van der Waals surface area contributed by atoms with Crippen molar-refractivity contribution in [2.75, 3.05) is 11.4 Å². The molecule has 4 aromatic rings. The number of aromatic amines is 1. The van der Waals surface area contributed by atoms with Crippen LogP contribution < -0.4 is 9.62 Å². The summed E-state index contributed by atoms with van der Waals surface area (Å²) in [6.07, 6.45) is 11.9. The second-order valence-corrected chi connectivity index (χ2v) is 14.3. The Morgan fingerprint density at radius 1 is 1.12 bits per heavy atom. The Labute approximate surface area is 238 Å². The molecule has 3 aromatic heterocycles. The minimum atomic E-state index is -1.15. The van der Waals surface area contributed by atoms with Crippen LogP contribution in [0.25, 0.3) is 16.7 Å². The summed E-state index contributed by atoms with van der Waals surface area (Å²) < 4.78 is 16.4. The van der Waals surface area contributed by atoms with Gasteiger partial charge in [0.25, 0.3) is 0 Å². The number of pyridine rings is 1. The molecule has 2 N–H and O–H groups in total. The van der Waals surface area contributed by atoms with Gasteiger partial charge in [-0.15, -0.1) is 4.72 Å². The highest BCUT2D eigenvalue weighted by molar-refractivity contribution is 7.90. The molecule has 0 amide bonds. The summed E-state index contributed by atoms with van der Waals surface area (Å²) in [4.78, 5) is 16.6. The molecule has 3 aliphatic rings. The Balaban J connectivity index is 1.16. The number of nitrogens with one attached hydrogen (secondary N) is 2. The molecule has 1 aromatic carbocycles. The molecule has 0 fully saturated rings. The molecular formula is C31H35N7OS. The number of aromatic nitrogens is 5. The molecule has 9 heteroatoms. The van der Waals surface area contributed by atoms with Gasteiger partial charge in [-0.05, 0) is 88.1 Å². The fourth-order valence-electron chi connectivity index (χ4n) is 6.58. The number of hydrogen-bond donors (Lipinski definition) is 2. The topological polar surface area (TPSA) is 106 Å². The Bertz CT molecular complexity index is 1610. The van der Waals surface area contributed by atoms with E-state index in [9.17, 15) is 4.55 Å². The SMILES string of the molecule is CC(C)(C)[S+]([O-])NC1c2ccccc2CC12CC=C(c1cnc3c(N4CCCc5ncccc54)n[nH]c3n1)CC2. The Morgan fingerprint density at radius 2 is 2.00 bits per heavy atom. The fourth-order valence-corrected chi connectivity index (χ4v) is 7.52. The van der Waals surface area contributed by atoms with E-state index >= 15 is 0 Å². The van der Waals surface area contributed by atoms with Gasteiger partial charge in [-0.1, -0.05) is 30.3 Å². The molecule has 1 spiro atoms. The molecule has 2 aliphatic carbocycles. The van der Waals surface area contributed by atoms with E-state index in [-0.39, 0.29) is 16.2 Å². The smallest absolute Gasteiger partial charge is 0.183 e. The second-order valence-electron chi connectivity index (χ2n) is 12.3. The Hall–Kier alpha value is -3.27. The molecule has 0 saturated heterocycles. The zero-order valence-corrected chi connectivity index (χ0v) is 24.1. The van der Waals surface area contributed by atoms with Crippen LogP contribution >= 0.6 is 0 Å². The number of nitrogens with zero attached hydrogens (tertiary/aromatic N) is 5. The van der Waals surface area contributed by atoms with Crippen LogP contribution in [0.15, 0.2) is 54.9 Å². The second kappa shape index (κ2) is 9.68. The normalized spacial score (nSPS) is 23.2. The first-order valence-corrected chi connectivity index (χ1v) is 15.4. The third kappa shape index (κ3) is 4.31. The average molecular weight is 554 g/mol. The zero-order chi connectivity index (χ0) is 27.5. The fraction of sp³-hybridized carbons (Fsp3) is 0.419. The van der Waals surface area contributed by atoms with Crippen molar-refractivity contribution in [3.63, 3.8) is 0 Å². The highest BCUT2D eigenvalue weighted by Gasteiger charge is 2.49. The molecule has 7 rings (SSSR count). The van der Waals surface area contributed by atoms with Crippen LogP contribution in [-0.2, 0) is 24.2 Å². The lowest BCUT2D eigenvalue weighted by Crippen LogP contribution is -2.46. The van der Waals surface area contributed by atoms with Gasteiger partial charge >= 0.3 is 0 Å². The molecule has 0 bridgehead atoms. The lowest BCUT2D eigenvalue weighted by atomic mass is 9.70. The first kappa shape index (κ1) is 25.7. The maximum absolute atomic E-state index is 13.2. The summed E-state index contributed by atoms with van der Waals surface area (Å²) in [5.74, 6) is 0.809. The first-order chi connectivity index (χ1) is 19.3. The van der Waals surface area contributed by atoms with Gasteiger partial charge in [-0.3, -0.25) is 10.1 Å². The number of aryl methyl sites for hydroxylation is 1. The summed E-state index contributed by atoms with van der Waals surface area (Å²) in [6.45, 7) is 6.96. The van der Waals surface area contributed by atoms with Crippen LogP contribution in [0, 0.1) is 5.41 Å². The molecule has 4 heterocycles. The number of rotatable bonds is 4. The number of allylic oxidation sites excluding steroid dienone is 2. The van der Waals surface area contributed by atoms with Crippen molar-refractivity contribution in [2.24, 2.45) is 5.41 Å². The van der Waals surface area contributed by atoms with Crippen LogP contribution in [-0.4, -0.2) is 41.0 Å². The monoisotopic (exact) mass is 553 g/mol. The van der Waals surface area contributed by atoms with Crippen LogP contribution in [0.2, 0.25) is 0 Å². The van der Waals surface area contributed by atoms with Gasteiger partial charge in [0.1, 0.15) is 4.75 Å². The summed E-state index contributed by atoms with van der Waals surface area (Å²) in [5.41, 5.74) is 8.47. The third-order valence-corrected chi connectivity index (χ3v) is 10.3. The number of benzene rings is 1. The van der Waals surface area contributed by atoms with Crippen LogP contribution in [0.3, 0.4) is 0 Å². The average Bonchev–Trinajstić information content (AvgIpc) is 3.51. The van der Waals surface area contributed by atoms with Crippen molar-refractivity contribution >= 4 is 39.6 Å². The van der Waals surface area contributed by atoms with Crippen molar-refractivity contribution in [3.05, 3.63) is 77.4 Å². The van der Waals surface area contributed by atoms with Gasteiger partial charge in [0.2, 0.25) is 0 Å². The maximum Gasteiger partial charge on any atom is 0.183 e. The Kier molecular flexibility index (Phi) is 6.21. The molecule has 3 unspecified atom stereocenters. The van der Waals surface area contributed by atoms with Crippen LogP contribution in [0.5, 0.6) is 0 Å². The number of hydrogen-bond acceptors (Lipinski definition) is 7. The molecule has 3 atom stereocenters. The molecular weight excluding hydrogens is 518 g/mol. The largest absolute Gasteiger partial charge is 0.598 e. The number of fused-ring (bicyclic) bond motifs is 3. The minimum Gasteiger partial charge on any atom is -0.598 e. The van der Waals surface area contributed by atoms with E-state index in [2.05, 4.69) is 61.2 Å². The highest BCUT2D eigenvalue weighted by Crippen LogP contribution is 2.55. The first-order valence-electron chi connectivity index (χ1n) is 14.2. The van der Waals surface area contributed by atoms with Crippen molar-refractivity contribution in [1.29, 1.82) is 0 Å². The molecule has 40 heavy (non-hydrogen) atoms. The van der Waals surface area contributed by atoms with E-state index in [4.69, 9.17) is 9.97 Å². The van der Waals surface area contributed by atoms with E-state index in [0.717, 1.165) is 73.5 Å². The molecule has 8 nitrogen and oxygen atoms in total. The quantitative estimate of drug-likeness (QED) is 0.311. The van der Waals surface area contributed by atoms with E-state index in [1.807, 2.05) is 39.2 Å². The van der Waals surface area contributed by atoms with Crippen molar-refractivity contribution in [2.45, 2.75) is 70.1 Å². The molecule has 206 valence electrons. The van der Waals surface area contributed by atoms with E-state index < -0.39 is 11.4 Å². The van der Waals surface area contributed by atoms with Crippen LogP contribution in [0.4, 0.5) is 11.5 Å². The highest BCUT2D eigenvalue weighted by atomic mass is 32.2. The van der Waals surface area contributed by atoms with Crippen molar-refractivity contribution < 1.29 is 4.55 Å². The van der Waals surface area contributed by atoms with Gasteiger partial charge in [0.15, 0.2) is 17.0 Å². The molecule has 0 radical (unpaired) electrons. The van der Waals surface area contributed by atoms with E-state index in [0.29, 0.717) is 5.65 Å². The number of anilines is 2. The lowest BCUT2D eigenvalue weighted by Gasteiger charge is -2.39. The van der Waals surface area contributed by atoms with Gasteiger partial charge in [-0.2, -0.15) is 5.10 Å². The maximum atomic E-state index is 13.2. The Morgan fingerprint density at radius 3 is 2.83 bits per heavy atom. The van der Waals surface area contributed by atoms with E-state index in [1.54, 1.807) is 0 Å². The predicted octanol–water partition coefficient (Wildman–Crippen LogP) is 5.74. The summed E-state index contributed by atoms with van der Waals surface area (Å²) >= 11 is -1.15. The minimum absolute atomic E-state index is 0.00245. The predicted molar refractivity (Wildman–Crippen MR) is 159 cm³/mol. The summed E-state index contributed by atoms with van der Waals surface area (Å²) in [5, 5.41) is 7.78. The molecule has 1 aliphatic heterocycles. The lowest BCUT2D eigenvalue weighted by molar-refractivity contribution is 0.210. The zero-order valence-electron chi connectivity index (χ0n) is 23.3. The number of H-pyrrole nitrogens is 1. The van der Waals surface area contributed by atoms with E-state index in [1.165, 1.54) is 16.7 Å². The molecule has 0 saturated carbocycles. The summed E-state index contributed by atoms with van der Waals surface area (Å²) in [7, 11) is 0. The standard InChI is InChI=1S/C31H35N7OS/c1-30(2,3)40(39)37-27-22-9-5-4-8-21(22)18-31(27)14-12-20(13-15-31)24-19-33-26-28(34-24)35-36-29(26)38-17-7-10-23-25(38)11-6-16-32-23/h4-6,8-9,11-12,16,19,27,37H,7,10,13-15,17-18H2,1-3H3,(H,34,35,36). The van der Waals surface area contributed by atoms with Crippen molar-refractivity contribution in [1.82, 2.24) is 29.9 Å². The van der Waals surface area contributed by atoms with Gasteiger partial charge in [-0.25, -0.2) is 9.97 Å². The third-order valence-electron chi connectivity index (χ3n) is 8.74. The van der Waals surface area contributed by atoms with Gasteiger partial charge in [0.05, 0.1) is 29.3 Å². The van der Waals surface area contributed by atoms with Gasteiger partial charge in [0, 0.05) is 29.5 Å². The van der Waals surface area contributed by atoms with Crippen LogP contribution in [0.1, 0.15) is 75.0 Å². The van der Waals surface area contributed by atoms with Crippen molar-refractivity contribution in [3.8, 4) is 0 Å². The van der Waals surface area contributed by atoms with Gasteiger partial charge < -0.3 is 9.45 Å². The summed E-state index contributed by atoms with van der Waals surface area (Å²) in [6, 6.07) is 12.8.